The van der Waals surface area contributed by atoms with E-state index in [9.17, 15) is 9.59 Å². The summed E-state index contributed by atoms with van der Waals surface area (Å²) in [4.78, 5) is 31.0. The zero-order valence-electron chi connectivity index (χ0n) is 20.4. The van der Waals surface area contributed by atoms with Crippen LogP contribution in [0.25, 0.3) is 10.9 Å². The van der Waals surface area contributed by atoms with Crippen molar-refractivity contribution in [1.29, 1.82) is 0 Å². The Bertz CT molecular complexity index is 1350. The van der Waals surface area contributed by atoms with Crippen molar-refractivity contribution in [3.05, 3.63) is 111 Å². The fraction of sp³-hybridized carbons (Fsp3) is 0.241. The Morgan fingerprint density at radius 1 is 1.03 bits per heavy atom. The molecule has 1 atom stereocenters. The van der Waals surface area contributed by atoms with Crippen LogP contribution in [0.2, 0.25) is 0 Å². The maximum atomic E-state index is 12.9. The summed E-state index contributed by atoms with van der Waals surface area (Å²) < 4.78 is 5.49. The fourth-order valence-corrected chi connectivity index (χ4v) is 4.07. The molecule has 1 heterocycles. The first kappa shape index (κ1) is 24.2. The number of rotatable bonds is 9. The number of nitrogens with one attached hydrogen (secondary N) is 2. The van der Waals surface area contributed by atoms with E-state index in [-0.39, 0.29) is 11.0 Å². The number of fused-ring (bicyclic) bond motifs is 1. The molecule has 1 unspecified atom stereocenters. The van der Waals surface area contributed by atoms with Crippen LogP contribution in [-0.4, -0.2) is 29.4 Å². The van der Waals surface area contributed by atoms with Gasteiger partial charge >= 0.3 is 0 Å². The van der Waals surface area contributed by atoms with Crippen LogP contribution in [0.3, 0.4) is 0 Å². The van der Waals surface area contributed by atoms with E-state index in [1.54, 1.807) is 18.2 Å². The first-order valence-corrected chi connectivity index (χ1v) is 11.9. The van der Waals surface area contributed by atoms with Crippen molar-refractivity contribution in [3.63, 3.8) is 0 Å². The zero-order valence-corrected chi connectivity index (χ0v) is 20.4. The van der Waals surface area contributed by atoms with Gasteiger partial charge in [0.2, 0.25) is 5.43 Å². The second-order valence-electron chi connectivity index (χ2n) is 8.67. The normalized spacial score (nSPS) is 12.0. The Morgan fingerprint density at radius 3 is 2.46 bits per heavy atom. The summed E-state index contributed by atoms with van der Waals surface area (Å²) in [6, 6.07) is 24.2. The molecule has 35 heavy (non-hydrogen) atoms. The molecule has 4 aromatic rings. The summed E-state index contributed by atoms with van der Waals surface area (Å²) in [7, 11) is 2.12. The van der Waals surface area contributed by atoms with Gasteiger partial charge in [-0.1, -0.05) is 54.6 Å². The molecule has 1 aromatic heterocycles. The van der Waals surface area contributed by atoms with E-state index in [0.717, 1.165) is 12.1 Å². The quantitative estimate of drug-likeness (QED) is 0.360. The highest BCUT2D eigenvalue weighted by Gasteiger charge is 2.14. The van der Waals surface area contributed by atoms with Crippen LogP contribution in [0.1, 0.15) is 46.9 Å². The summed E-state index contributed by atoms with van der Waals surface area (Å²) in [5.74, 6) is 0.197. The lowest BCUT2D eigenvalue weighted by atomic mass is 10.1. The third kappa shape index (κ3) is 5.78. The number of aromatic amines is 1. The predicted molar refractivity (Wildman–Crippen MR) is 140 cm³/mol. The average Bonchev–Trinajstić information content (AvgIpc) is 2.89. The standard InChI is InChI=1S/C29H31N3O3/c1-4-35-24-14-15-27-25(16-24)28(33)26(18-30-27)29(34)31-17-21-10-12-22(13-11-21)19-32(3)20(2)23-8-6-5-7-9-23/h5-16,18,20H,4,17,19H2,1-3H3,(H,30,33)(H,31,34). The van der Waals surface area contributed by atoms with Crippen LogP contribution in [-0.2, 0) is 13.1 Å². The van der Waals surface area contributed by atoms with Crippen LogP contribution in [0.5, 0.6) is 5.75 Å². The van der Waals surface area contributed by atoms with Crippen molar-refractivity contribution >= 4 is 16.8 Å². The fourth-order valence-electron chi connectivity index (χ4n) is 4.07. The van der Waals surface area contributed by atoms with Gasteiger partial charge in [0.25, 0.3) is 5.91 Å². The third-order valence-electron chi connectivity index (χ3n) is 6.26. The number of aromatic nitrogens is 1. The van der Waals surface area contributed by atoms with Crippen LogP contribution >= 0.6 is 0 Å². The maximum Gasteiger partial charge on any atom is 0.257 e. The Kier molecular flexibility index (Phi) is 7.63. The molecule has 4 rings (SSSR count). The first-order chi connectivity index (χ1) is 17.0. The van der Waals surface area contributed by atoms with E-state index in [2.05, 4.69) is 65.6 Å². The van der Waals surface area contributed by atoms with Gasteiger partial charge in [-0.2, -0.15) is 0 Å². The molecule has 0 bridgehead atoms. The summed E-state index contributed by atoms with van der Waals surface area (Å²) in [6.45, 7) is 5.75. The Balaban J connectivity index is 1.38. The van der Waals surface area contributed by atoms with E-state index >= 15 is 0 Å². The molecule has 0 spiro atoms. The van der Waals surface area contributed by atoms with Crippen molar-refractivity contribution in [3.8, 4) is 5.75 Å². The Hall–Kier alpha value is -3.90. The Labute approximate surface area is 205 Å². The second kappa shape index (κ2) is 11.0. The third-order valence-corrected chi connectivity index (χ3v) is 6.26. The van der Waals surface area contributed by atoms with E-state index in [1.165, 1.54) is 17.3 Å². The smallest absolute Gasteiger partial charge is 0.257 e. The van der Waals surface area contributed by atoms with Crippen LogP contribution in [0, 0.1) is 0 Å². The number of hydrogen-bond acceptors (Lipinski definition) is 4. The Morgan fingerprint density at radius 2 is 1.74 bits per heavy atom. The number of ether oxygens (including phenoxy) is 1. The molecule has 0 saturated heterocycles. The number of carbonyl (C=O) groups excluding carboxylic acids is 1. The van der Waals surface area contributed by atoms with Crippen molar-refractivity contribution in [1.82, 2.24) is 15.2 Å². The highest BCUT2D eigenvalue weighted by molar-refractivity contribution is 5.97. The van der Waals surface area contributed by atoms with Crippen molar-refractivity contribution in [2.24, 2.45) is 0 Å². The highest BCUT2D eigenvalue weighted by atomic mass is 16.5. The van der Waals surface area contributed by atoms with Gasteiger partial charge in [-0.05, 0) is 55.8 Å². The summed E-state index contributed by atoms with van der Waals surface area (Å²) in [5, 5.41) is 3.29. The topological polar surface area (TPSA) is 74.4 Å². The number of H-pyrrole nitrogens is 1. The monoisotopic (exact) mass is 469 g/mol. The molecule has 0 radical (unpaired) electrons. The molecule has 0 aliphatic carbocycles. The number of benzene rings is 3. The predicted octanol–water partition coefficient (Wildman–Crippen LogP) is 5.05. The van der Waals surface area contributed by atoms with E-state index in [4.69, 9.17) is 4.74 Å². The number of amides is 1. The van der Waals surface area contributed by atoms with Gasteiger partial charge in [0.05, 0.1) is 6.61 Å². The van der Waals surface area contributed by atoms with Crippen molar-refractivity contribution < 1.29 is 9.53 Å². The van der Waals surface area contributed by atoms with E-state index in [0.29, 0.717) is 35.8 Å². The van der Waals surface area contributed by atoms with Gasteiger partial charge < -0.3 is 15.0 Å². The van der Waals surface area contributed by atoms with Gasteiger partial charge in [-0.15, -0.1) is 0 Å². The molecule has 0 saturated carbocycles. The summed E-state index contributed by atoms with van der Waals surface area (Å²) >= 11 is 0. The van der Waals surface area contributed by atoms with Crippen LogP contribution in [0.4, 0.5) is 0 Å². The molecule has 0 aliphatic rings. The van der Waals surface area contributed by atoms with Gasteiger partial charge in [-0.3, -0.25) is 14.5 Å². The number of nitrogens with zero attached hydrogens (tertiary/aromatic N) is 1. The number of hydrogen-bond donors (Lipinski definition) is 2. The molecular formula is C29H31N3O3. The van der Waals surface area contributed by atoms with Crippen LogP contribution in [0.15, 0.2) is 83.8 Å². The second-order valence-corrected chi connectivity index (χ2v) is 8.67. The van der Waals surface area contributed by atoms with Crippen molar-refractivity contribution in [2.75, 3.05) is 13.7 Å². The molecule has 180 valence electrons. The summed E-state index contributed by atoms with van der Waals surface area (Å²) in [5.41, 5.74) is 3.88. The number of pyridine rings is 1. The zero-order chi connectivity index (χ0) is 24.8. The first-order valence-electron chi connectivity index (χ1n) is 11.9. The molecule has 0 aliphatic heterocycles. The van der Waals surface area contributed by atoms with Crippen LogP contribution < -0.4 is 15.5 Å². The minimum atomic E-state index is -0.407. The molecule has 1 amide bonds. The number of carbonyl (C=O) groups is 1. The molecular weight excluding hydrogens is 438 g/mol. The van der Waals surface area contributed by atoms with Crippen molar-refractivity contribution in [2.45, 2.75) is 33.0 Å². The van der Waals surface area contributed by atoms with E-state index in [1.807, 2.05) is 25.1 Å². The summed E-state index contributed by atoms with van der Waals surface area (Å²) in [6.07, 6.45) is 1.47. The molecule has 2 N–H and O–H groups in total. The molecule has 3 aromatic carbocycles. The average molecular weight is 470 g/mol. The minimum Gasteiger partial charge on any atom is -0.494 e. The lowest BCUT2D eigenvalue weighted by Crippen LogP contribution is -2.28. The van der Waals surface area contributed by atoms with Gasteiger partial charge in [0.15, 0.2) is 0 Å². The molecule has 6 nitrogen and oxygen atoms in total. The largest absolute Gasteiger partial charge is 0.494 e. The van der Waals surface area contributed by atoms with Gasteiger partial charge in [-0.25, -0.2) is 0 Å². The van der Waals surface area contributed by atoms with Gasteiger partial charge in [0, 0.05) is 36.2 Å². The maximum absolute atomic E-state index is 12.9. The highest BCUT2D eigenvalue weighted by Crippen LogP contribution is 2.21. The minimum absolute atomic E-state index is 0.0827. The molecule has 6 heteroatoms. The lowest BCUT2D eigenvalue weighted by Gasteiger charge is -2.25. The van der Waals surface area contributed by atoms with E-state index < -0.39 is 5.91 Å². The van der Waals surface area contributed by atoms with Gasteiger partial charge in [0.1, 0.15) is 11.3 Å². The molecule has 0 fully saturated rings. The lowest BCUT2D eigenvalue weighted by molar-refractivity contribution is 0.0949. The SMILES string of the molecule is CCOc1ccc2[nH]cc(C(=O)NCc3ccc(CN(C)C(C)c4ccccc4)cc3)c(=O)c2c1.